The summed E-state index contributed by atoms with van der Waals surface area (Å²) in [6.45, 7) is 1.62. The van der Waals surface area contributed by atoms with Crippen LogP contribution in [0.3, 0.4) is 0 Å². The van der Waals surface area contributed by atoms with E-state index in [4.69, 9.17) is 14.3 Å². The van der Waals surface area contributed by atoms with Crippen molar-refractivity contribution in [3.8, 4) is 11.5 Å². The number of likely N-dealkylation sites (tertiary alicyclic amines) is 1. The molecule has 6 nitrogen and oxygen atoms in total. The van der Waals surface area contributed by atoms with Crippen LogP contribution in [0.25, 0.3) is 0 Å². The zero-order valence-corrected chi connectivity index (χ0v) is 12.4. The van der Waals surface area contributed by atoms with Crippen LogP contribution in [-0.4, -0.2) is 50.9 Å². The highest BCUT2D eigenvalue weighted by Crippen LogP contribution is 2.26. The van der Waals surface area contributed by atoms with Gasteiger partial charge in [-0.2, -0.15) is 0 Å². The first-order valence-corrected chi connectivity index (χ1v) is 6.89. The van der Waals surface area contributed by atoms with Gasteiger partial charge < -0.3 is 19.2 Å². The van der Waals surface area contributed by atoms with E-state index in [1.807, 2.05) is 6.07 Å². The second-order valence-electron chi connectivity index (χ2n) is 4.71. The number of hydrogen-bond acceptors (Lipinski definition) is 5. The van der Waals surface area contributed by atoms with Gasteiger partial charge in [-0.1, -0.05) is 5.16 Å². The van der Waals surface area contributed by atoms with Gasteiger partial charge in [-0.3, -0.25) is 4.79 Å². The quantitative estimate of drug-likeness (QED) is 0.591. The molecule has 1 amide bonds. The first-order chi connectivity index (χ1) is 10.2. The minimum Gasteiger partial charge on any atom is -0.493 e. The van der Waals surface area contributed by atoms with Gasteiger partial charge in [-0.05, 0) is 31.0 Å². The third-order valence-corrected chi connectivity index (χ3v) is 3.33. The third-order valence-electron chi connectivity index (χ3n) is 3.33. The molecule has 1 fully saturated rings. The van der Waals surface area contributed by atoms with Crippen molar-refractivity contribution in [2.75, 3.05) is 33.9 Å². The summed E-state index contributed by atoms with van der Waals surface area (Å²) in [5.74, 6) is 1.26. The van der Waals surface area contributed by atoms with E-state index in [-0.39, 0.29) is 12.5 Å². The van der Waals surface area contributed by atoms with Crippen LogP contribution in [0.5, 0.6) is 11.5 Å². The highest BCUT2D eigenvalue weighted by Gasteiger charge is 2.17. The van der Waals surface area contributed by atoms with Gasteiger partial charge in [0.1, 0.15) is 0 Å². The number of oxime groups is 1. The zero-order valence-electron chi connectivity index (χ0n) is 12.4. The zero-order chi connectivity index (χ0) is 15.1. The van der Waals surface area contributed by atoms with Crippen LogP contribution in [-0.2, 0) is 9.63 Å². The number of rotatable bonds is 6. The van der Waals surface area contributed by atoms with Gasteiger partial charge >= 0.3 is 0 Å². The van der Waals surface area contributed by atoms with Gasteiger partial charge in [0.2, 0.25) is 0 Å². The van der Waals surface area contributed by atoms with Gasteiger partial charge in [0.25, 0.3) is 5.91 Å². The summed E-state index contributed by atoms with van der Waals surface area (Å²) in [6.07, 6.45) is 3.68. The number of nitrogens with zero attached hydrogens (tertiary/aromatic N) is 2. The molecule has 0 aromatic heterocycles. The molecule has 0 bridgehead atoms. The number of amides is 1. The van der Waals surface area contributed by atoms with Crippen LogP contribution in [0.4, 0.5) is 0 Å². The topological polar surface area (TPSA) is 60.4 Å². The lowest BCUT2D eigenvalue weighted by atomic mass is 10.2. The van der Waals surface area contributed by atoms with Gasteiger partial charge in [0, 0.05) is 18.7 Å². The van der Waals surface area contributed by atoms with Crippen molar-refractivity contribution in [2.45, 2.75) is 12.8 Å². The Morgan fingerprint density at radius 3 is 2.62 bits per heavy atom. The third kappa shape index (κ3) is 4.11. The molecule has 1 aliphatic heterocycles. The fourth-order valence-electron chi connectivity index (χ4n) is 2.18. The number of benzene rings is 1. The van der Waals surface area contributed by atoms with Crippen molar-refractivity contribution in [2.24, 2.45) is 5.16 Å². The van der Waals surface area contributed by atoms with Crippen LogP contribution < -0.4 is 9.47 Å². The second kappa shape index (κ2) is 7.52. The average molecular weight is 292 g/mol. The summed E-state index contributed by atoms with van der Waals surface area (Å²) in [4.78, 5) is 18.6. The molecule has 0 saturated carbocycles. The molecule has 0 radical (unpaired) electrons. The summed E-state index contributed by atoms with van der Waals surface area (Å²) >= 11 is 0. The minimum atomic E-state index is -0.0240. The maximum Gasteiger partial charge on any atom is 0.263 e. The highest BCUT2D eigenvalue weighted by molar-refractivity contribution is 5.81. The summed E-state index contributed by atoms with van der Waals surface area (Å²) in [6, 6.07) is 5.40. The van der Waals surface area contributed by atoms with E-state index in [1.54, 1.807) is 37.5 Å². The normalized spacial score (nSPS) is 14.5. The fraction of sp³-hybridized carbons (Fsp3) is 0.467. The van der Waals surface area contributed by atoms with E-state index >= 15 is 0 Å². The van der Waals surface area contributed by atoms with E-state index in [0.29, 0.717) is 11.5 Å². The SMILES string of the molecule is COc1ccc(/C=N\OCC(=O)N2CCCC2)cc1OC. The van der Waals surface area contributed by atoms with Crippen molar-refractivity contribution >= 4 is 12.1 Å². The molecule has 0 N–H and O–H groups in total. The summed E-state index contributed by atoms with van der Waals surface area (Å²) in [5, 5.41) is 3.82. The largest absolute Gasteiger partial charge is 0.493 e. The standard InChI is InChI=1S/C15H20N2O4/c1-19-13-6-5-12(9-14(13)20-2)10-16-21-11-15(18)17-7-3-4-8-17/h5-6,9-10H,3-4,7-8,11H2,1-2H3/b16-10-. The highest BCUT2D eigenvalue weighted by atomic mass is 16.6. The Morgan fingerprint density at radius 2 is 1.95 bits per heavy atom. The van der Waals surface area contributed by atoms with Crippen molar-refractivity contribution in [1.82, 2.24) is 4.90 Å². The van der Waals surface area contributed by atoms with E-state index in [1.165, 1.54) is 0 Å². The number of ether oxygens (including phenoxy) is 2. The molecule has 0 aliphatic carbocycles. The molecule has 1 aromatic carbocycles. The molecular formula is C15H20N2O4. The Kier molecular flexibility index (Phi) is 5.43. The van der Waals surface area contributed by atoms with Crippen LogP contribution in [0, 0.1) is 0 Å². The second-order valence-corrected chi connectivity index (χ2v) is 4.71. The molecular weight excluding hydrogens is 272 g/mol. The molecule has 1 aliphatic rings. The molecule has 0 spiro atoms. The van der Waals surface area contributed by atoms with E-state index in [0.717, 1.165) is 31.5 Å². The average Bonchev–Trinajstić information content (AvgIpc) is 3.05. The molecule has 1 aromatic rings. The Hall–Kier alpha value is -2.24. The van der Waals surface area contributed by atoms with E-state index < -0.39 is 0 Å². The number of hydrogen-bond donors (Lipinski definition) is 0. The van der Waals surface area contributed by atoms with Crippen molar-refractivity contribution < 1.29 is 19.1 Å². The predicted octanol–water partition coefficient (Wildman–Crippen LogP) is 1.68. The van der Waals surface area contributed by atoms with Crippen molar-refractivity contribution in [1.29, 1.82) is 0 Å². The molecule has 21 heavy (non-hydrogen) atoms. The molecule has 2 rings (SSSR count). The lowest BCUT2D eigenvalue weighted by Gasteiger charge is -2.13. The minimum absolute atomic E-state index is 0.0167. The lowest BCUT2D eigenvalue weighted by Crippen LogP contribution is -2.30. The first kappa shape index (κ1) is 15.2. The van der Waals surface area contributed by atoms with Crippen LogP contribution in [0.1, 0.15) is 18.4 Å². The van der Waals surface area contributed by atoms with Gasteiger partial charge in [0.05, 0.1) is 20.4 Å². The lowest BCUT2D eigenvalue weighted by molar-refractivity contribution is -0.134. The maximum atomic E-state index is 11.7. The molecule has 1 heterocycles. The Labute approximate surface area is 124 Å². The van der Waals surface area contributed by atoms with E-state index in [9.17, 15) is 4.79 Å². The number of methoxy groups -OCH3 is 2. The van der Waals surface area contributed by atoms with Crippen molar-refractivity contribution in [3.05, 3.63) is 23.8 Å². The predicted molar refractivity (Wildman–Crippen MR) is 78.9 cm³/mol. The Morgan fingerprint density at radius 1 is 1.24 bits per heavy atom. The van der Waals surface area contributed by atoms with Crippen LogP contribution in [0.15, 0.2) is 23.4 Å². The van der Waals surface area contributed by atoms with Crippen molar-refractivity contribution in [3.63, 3.8) is 0 Å². The van der Waals surface area contributed by atoms with Gasteiger partial charge in [-0.25, -0.2) is 0 Å². The summed E-state index contributed by atoms with van der Waals surface area (Å²) in [7, 11) is 3.16. The Balaban J connectivity index is 1.85. The fourth-order valence-corrected chi connectivity index (χ4v) is 2.18. The number of carbonyl (C=O) groups is 1. The maximum absolute atomic E-state index is 11.7. The molecule has 0 atom stereocenters. The number of carbonyl (C=O) groups excluding carboxylic acids is 1. The molecule has 0 unspecified atom stereocenters. The molecule has 6 heteroatoms. The van der Waals surface area contributed by atoms with Gasteiger partial charge in [-0.15, -0.1) is 0 Å². The summed E-state index contributed by atoms with van der Waals surface area (Å²) < 4.78 is 10.4. The van der Waals surface area contributed by atoms with Gasteiger partial charge in [0.15, 0.2) is 18.1 Å². The smallest absolute Gasteiger partial charge is 0.263 e. The Bertz CT molecular complexity index is 510. The van der Waals surface area contributed by atoms with Crippen LogP contribution >= 0.6 is 0 Å². The molecule has 114 valence electrons. The van der Waals surface area contributed by atoms with E-state index in [2.05, 4.69) is 5.16 Å². The molecule has 1 saturated heterocycles. The first-order valence-electron chi connectivity index (χ1n) is 6.89. The summed E-state index contributed by atoms with van der Waals surface area (Å²) in [5.41, 5.74) is 0.807. The van der Waals surface area contributed by atoms with Crippen LogP contribution in [0.2, 0.25) is 0 Å². The monoisotopic (exact) mass is 292 g/mol.